The predicted molar refractivity (Wildman–Crippen MR) is 164 cm³/mol. The Labute approximate surface area is 258 Å². The van der Waals surface area contributed by atoms with E-state index in [1.807, 2.05) is 29.2 Å². The average molecular weight is 623 g/mol. The van der Waals surface area contributed by atoms with E-state index >= 15 is 0 Å². The standard InChI is InChI=1S/C30H28Cl2N6O5/c1-33-12-13-34-10-4-11-35-28(40)26(19-20-17-23(31)27(39)24(32)18-20)43-30(42)37-14-8-22(9-15-37)38-16-7-21-5-2-3-6-25(21)36-29(38)41/h2-3,5-6,10,17-18,22,26,39H,7-9,14-16,19H2,1H3,(H,36,41)/t26-/m1/s1. The number of hydrogen-bond donors (Lipinski definition) is 2. The van der Waals surface area contributed by atoms with Gasteiger partial charge in [-0.15, -0.1) is 0 Å². The summed E-state index contributed by atoms with van der Waals surface area (Å²) in [7, 11) is 1.51. The zero-order chi connectivity index (χ0) is 30.8. The summed E-state index contributed by atoms with van der Waals surface area (Å²) < 4.78 is 5.61. The number of likely N-dealkylation sites (tertiary alicyclic amines) is 1. The molecule has 0 unspecified atom stereocenters. The van der Waals surface area contributed by atoms with E-state index in [2.05, 4.69) is 43.6 Å². The van der Waals surface area contributed by atoms with Gasteiger partial charge in [-0.05, 0) is 54.3 Å². The molecule has 0 spiro atoms. The van der Waals surface area contributed by atoms with Crippen LogP contribution in [0.4, 0.5) is 15.3 Å². The van der Waals surface area contributed by atoms with Gasteiger partial charge in [0.1, 0.15) is 0 Å². The summed E-state index contributed by atoms with van der Waals surface area (Å²) in [4.78, 5) is 53.3. The highest BCUT2D eigenvalue weighted by molar-refractivity contribution is 6.37. The second-order valence-corrected chi connectivity index (χ2v) is 10.5. The van der Waals surface area contributed by atoms with Crippen molar-refractivity contribution in [3.63, 3.8) is 0 Å². The van der Waals surface area contributed by atoms with Gasteiger partial charge in [0, 0.05) is 50.7 Å². The number of amides is 4. The van der Waals surface area contributed by atoms with E-state index in [1.165, 1.54) is 24.1 Å². The van der Waals surface area contributed by atoms with Crippen LogP contribution in [0.1, 0.15) is 24.0 Å². The van der Waals surface area contributed by atoms with Gasteiger partial charge >= 0.3 is 12.1 Å². The number of halogens is 2. The molecule has 2 N–H and O–H groups in total. The molecule has 2 aromatic carbocycles. The van der Waals surface area contributed by atoms with Crippen molar-refractivity contribution >= 4 is 64.5 Å². The summed E-state index contributed by atoms with van der Waals surface area (Å²) >= 11 is 12.1. The Balaban J connectivity index is 1.43. The highest BCUT2D eigenvalue weighted by Crippen LogP contribution is 2.33. The molecule has 0 bridgehead atoms. The van der Waals surface area contributed by atoms with Gasteiger partial charge in [-0.1, -0.05) is 41.4 Å². The molecule has 0 saturated carbocycles. The Hall–Kier alpha value is -4.58. The molecule has 0 aromatic heterocycles. The first-order valence-corrected chi connectivity index (χ1v) is 14.2. The average Bonchev–Trinajstić information content (AvgIpc) is 3.17. The largest absolute Gasteiger partial charge is 0.505 e. The fourth-order valence-electron chi connectivity index (χ4n) is 4.76. The van der Waals surface area contributed by atoms with Crippen molar-refractivity contribution in [3.05, 3.63) is 69.5 Å². The fourth-order valence-corrected chi connectivity index (χ4v) is 5.29. The summed E-state index contributed by atoms with van der Waals surface area (Å²) in [5, 5.41) is 12.8. The van der Waals surface area contributed by atoms with Crippen molar-refractivity contribution in [2.75, 3.05) is 32.0 Å². The Morgan fingerprint density at radius 2 is 1.86 bits per heavy atom. The second kappa shape index (κ2) is 15.1. The second-order valence-electron chi connectivity index (χ2n) is 9.65. The molecule has 2 aliphatic heterocycles. The fraction of sp³-hybridized carbons (Fsp3) is 0.333. The van der Waals surface area contributed by atoms with Gasteiger partial charge in [0.2, 0.25) is 0 Å². The van der Waals surface area contributed by atoms with Crippen LogP contribution in [-0.2, 0) is 22.4 Å². The Kier molecular flexibility index (Phi) is 11.0. The highest BCUT2D eigenvalue weighted by atomic mass is 35.5. The summed E-state index contributed by atoms with van der Waals surface area (Å²) in [6.45, 7) is 1.23. The zero-order valence-corrected chi connectivity index (χ0v) is 24.7. The molecule has 11 nitrogen and oxygen atoms in total. The lowest BCUT2D eigenvalue weighted by molar-refractivity contribution is -0.126. The van der Waals surface area contributed by atoms with Gasteiger partial charge in [0.05, 0.1) is 28.0 Å². The number of ether oxygens (including phenoxy) is 1. The maximum absolute atomic E-state index is 13.2. The van der Waals surface area contributed by atoms with Crippen LogP contribution in [0.3, 0.4) is 0 Å². The normalized spacial score (nSPS) is 15.2. The molecule has 2 aromatic rings. The quantitative estimate of drug-likeness (QED) is 0.356. The van der Waals surface area contributed by atoms with Gasteiger partial charge in [0.25, 0.3) is 5.91 Å². The highest BCUT2D eigenvalue weighted by Gasteiger charge is 2.33. The van der Waals surface area contributed by atoms with E-state index in [-0.39, 0.29) is 34.3 Å². The number of benzene rings is 2. The predicted octanol–water partition coefficient (Wildman–Crippen LogP) is 4.69. The number of fused-ring (bicyclic) bond motifs is 1. The molecular weight excluding hydrogens is 595 g/mol. The Morgan fingerprint density at radius 1 is 1.14 bits per heavy atom. The number of hydrogen-bond acceptors (Lipinski definition) is 7. The van der Waals surface area contributed by atoms with E-state index in [4.69, 9.17) is 27.9 Å². The molecule has 4 rings (SSSR count). The van der Waals surface area contributed by atoms with Gasteiger partial charge in [0.15, 0.2) is 11.9 Å². The third-order valence-electron chi connectivity index (χ3n) is 6.91. The molecule has 4 amide bonds. The molecule has 1 saturated heterocycles. The summed E-state index contributed by atoms with van der Waals surface area (Å²) in [6.07, 6.45) is 0.812. The summed E-state index contributed by atoms with van der Waals surface area (Å²) in [6, 6.07) is 10.3. The molecule has 1 atom stereocenters. The SMILES string of the molecule is CN=C=C=NC=C=C=NC(=O)[C@@H](Cc1cc(Cl)c(O)c(Cl)c1)OC(=O)N1CCC(N2CCc3ccccc3NC2=O)CC1. The number of aliphatic imine (C=N–C) groups is 3. The van der Waals surface area contributed by atoms with Crippen LogP contribution in [0.5, 0.6) is 5.75 Å². The van der Waals surface area contributed by atoms with Crippen molar-refractivity contribution in [2.45, 2.75) is 37.8 Å². The number of phenolic OH excluding ortho intramolecular Hbond substituents is 1. The first kappa shape index (κ1) is 31.4. The lowest BCUT2D eigenvalue weighted by Crippen LogP contribution is -2.50. The van der Waals surface area contributed by atoms with Gasteiger partial charge < -0.3 is 25.0 Å². The van der Waals surface area contributed by atoms with Crippen LogP contribution >= 0.6 is 23.2 Å². The summed E-state index contributed by atoms with van der Waals surface area (Å²) in [5.74, 6) is 5.95. The zero-order valence-electron chi connectivity index (χ0n) is 23.2. The number of rotatable bonds is 6. The number of para-hydroxylation sites is 1. The lowest BCUT2D eigenvalue weighted by Gasteiger charge is -2.37. The first-order valence-electron chi connectivity index (χ1n) is 13.4. The van der Waals surface area contributed by atoms with Gasteiger partial charge in [-0.2, -0.15) is 9.98 Å². The first-order chi connectivity index (χ1) is 20.8. The van der Waals surface area contributed by atoms with Crippen LogP contribution in [0.15, 0.2) is 63.3 Å². The minimum Gasteiger partial charge on any atom is -0.505 e. The molecule has 0 aliphatic carbocycles. The van der Waals surface area contributed by atoms with E-state index < -0.39 is 18.1 Å². The summed E-state index contributed by atoms with van der Waals surface area (Å²) in [5.41, 5.74) is 4.78. The van der Waals surface area contributed by atoms with Crippen LogP contribution in [0, 0.1) is 0 Å². The number of carbonyl (C=O) groups is 3. The number of anilines is 1. The number of phenols is 1. The monoisotopic (exact) mass is 622 g/mol. The van der Waals surface area contributed by atoms with Gasteiger partial charge in [-0.3, -0.25) is 4.79 Å². The van der Waals surface area contributed by atoms with Crippen molar-refractivity contribution in [1.82, 2.24) is 9.80 Å². The molecule has 43 heavy (non-hydrogen) atoms. The smallest absolute Gasteiger partial charge is 0.410 e. The van der Waals surface area contributed by atoms with Crippen LogP contribution in [0.2, 0.25) is 10.0 Å². The minimum absolute atomic E-state index is 0.0180. The van der Waals surface area contributed by atoms with Crippen LogP contribution < -0.4 is 5.32 Å². The van der Waals surface area contributed by atoms with E-state index in [9.17, 15) is 19.5 Å². The number of carbonyl (C=O) groups excluding carboxylic acids is 3. The lowest BCUT2D eigenvalue weighted by atomic mass is 10.0. The molecule has 2 aliphatic rings. The molecule has 1 fully saturated rings. The number of aromatic hydroxyl groups is 1. The van der Waals surface area contributed by atoms with E-state index in [0.29, 0.717) is 38.0 Å². The van der Waals surface area contributed by atoms with Crippen molar-refractivity contribution in [1.29, 1.82) is 0 Å². The Bertz CT molecular complexity index is 1570. The van der Waals surface area contributed by atoms with Crippen LogP contribution in [-0.4, -0.2) is 89.4 Å². The maximum atomic E-state index is 13.2. The molecule has 2 heterocycles. The van der Waals surface area contributed by atoms with E-state index in [1.54, 1.807) is 0 Å². The maximum Gasteiger partial charge on any atom is 0.410 e. The third kappa shape index (κ3) is 8.48. The number of urea groups is 1. The minimum atomic E-state index is -1.35. The van der Waals surface area contributed by atoms with Gasteiger partial charge in [-0.25, -0.2) is 14.6 Å². The van der Waals surface area contributed by atoms with E-state index in [0.717, 1.165) is 23.9 Å². The van der Waals surface area contributed by atoms with Crippen LogP contribution in [0.25, 0.3) is 0 Å². The van der Waals surface area contributed by atoms with Crippen molar-refractivity contribution < 1.29 is 24.2 Å². The number of nitrogens with zero attached hydrogens (tertiary/aromatic N) is 5. The molecule has 222 valence electrons. The topological polar surface area (TPSA) is 136 Å². The number of nitrogens with one attached hydrogen (secondary N) is 1. The number of piperidine rings is 1. The van der Waals surface area contributed by atoms with Crippen molar-refractivity contribution in [3.8, 4) is 5.75 Å². The van der Waals surface area contributed by atoms with Crippen molar-refractivity contribution in [2.24, 2.45) is 15.0 Å². The third-order valence-corrected chi connectivity index (χ3v) is 7.48. The Morgan fingerprint density at radius 3 is 2.58 bits per heavy atom. The molecular formula is C30H28Cl2N6O5. The molecule has 0 radical (unpaired) electrons. The molecule has 13 heteroatoms.